The Morgan fingerprint density at radius 1 is 0.733 bits per heavy atom. The Morgan fingerprint density at radius 3 is 1.47 bits per heavy atom. The van der Waals surface area contributed by atoms with Crippen molar-refractivity contribution in [2.45, 2.75) is 0 Å². The van der Waals surface area contributed by atoms with Crippen molar-refractivity contribution < 1.29 is 0 Å². The van der Waals surface area contributed by atoms with E-state index in [9.17, 15) is 0 Å². The lowest BCUT2D eigenvalue weighted by Gasteiger charge is -2.19. The lowest BCUT2D eigenvalue weighted by molar-refractivity contribution is 1.44. The van der Waals surface area contributed by atoms with Crippen LogP contribution in [0.2, 0.25) is 0 Å². The third-order valence-corrected chi connectivity index (χ3v) is 3.48. The Hall–Kier alpha value is -0.930. The molecule has 0 aliphatic heterocycles. The molecule has 15 heavy (non-hydrogen) atoms. The minimum Gasteiger partial charge on any atom is -0.275 e. The van der Waals surface area contributed by atoms with Crippen molar-refractivity contribution in [3.63, 3.8) is 0 Å². The fourth-order valence-corrected chi connectivity index (χ4v) is 2.76. The smallest absolute Gasteiger partial charge is 0.0533 e. The maximum atomic E-state index is 3.43. The number of para-hydroxylation sites is 2. The molecule has 76 valence electrons. The van der Waals surface area contributed by atoms with E-state index in [1.165, 1.54) is 10.4 Å². The Balaban J connectivity index is 2.34. The summed E-state index contributed by atoms with van der Waals surface area (Å²) < 4.78 is 2.12. The predicted molar refractivity (Wildman–Crippen MR) is 71.5 cm³/mol. The van der Waals surface area contributed by atoms with Gasteiger partial charge in [-0.1, -0.05) is 36.4 Å². The van der Waals surface area contributed by atoms with Gasteiger partial charge in [0.2, 0.25) is 0 Å². The zero-order valence-corrected chi connectivity index (χ0v) is 10.4. The van der Waals surface area contributed by atoms with Gasteiger partial charge >= 0.3 is 0 Å². The second kappa shape index (κ2) is 5.24. The molecule has 0 aromatic heterocycles. The maximum Gasteiger partial charge on any atom is 0.0533 e. The molecule has 0 saturated carbocycles. The molecular formula is C12H10BrNS. The van der Waals surface area contributed by atoms with Crippen molar-refractivity contribution in [3.8, 4) is 0 Å². The van der Waals surface area contributed by atoms with Crippen LogP contribution in [0.4, 0.5) is 11.4 Å². The second-order valence-electron chi connectivity index (χ2n) is 3.03. The first kappa shape index (κ1) is 10.6. The molecule has 0 heterocycles. The summed E-state index contributed by atoms with van der Waals surface area (Å²) >= 11 is 3.43. The van der Waals surface area contributed by atoms with E-state index in [-0.39, 0.29) is 0 Å². The highest BCUT2D eigenvalue weighted by Crippen LogP contribution is 2.34. The van der Waals surface area contributed by atoms with E-state index in [1.54, 1.807) is 0 Å². The molecule has 1 nitrogen and oxygen atoms in total. The van der Waals surface area contributed by atoms with Crippen LogP contribution in [0.15, 0.2) is 60.7 Å². The average Bonchev–Trinajstić information content (AvgIpc) is 2.33. The fraction of sp³-hybridized carbons (Fsp3) is 0. The molecule has 0 bridgehead atoms. The average molecular weight is 280 g/mol. The zero-order valence-electron chi connectivity index (χ0n) is 8.01. The van der Waals surface area contributed by atoms with Crippen molar-refractivity contribution in [2.75, 3.05) is 4.31 Å². The number of hydrogen-bond acceptors (Lipinski definition) is 2. The first-order valence-corrected chi connectivity index (χ1v) is 7.22. The van der Waals surface area contributed by atoms with Gasteiger partial charge in [-0.15, -0.1) is 0 Å². The van der Waals surface area contributed by atoms with E-state index in [4.69, 9.17) is 0 Å². The van der Waals surface area contributed by atoms with Gasteiger partial charge in [0.1, 0.15) is 0 Å². The van der Waals surface area contributed by atoms with E-state index in [2.05, 4.69) is 43.4 Å². The van der Waals surface area contributed by atoms with E-state index in [0.29, 0.717) is 0 Å². The van der Waals surface area contributed by atoms with Gasteiger partial charge in [0.15, 0.2) is 0 Å². The van der Waals surface area contributed by atoms with Crippen molar-refractivity contribution >= 4 is 36.6 Å². The molecule has 0 spiro atoms. The molecule has 0 aliphatic carbocycles. The molecule has 0 radical (unpaired) electrons. The molecule has 2 aromatic rings. The highest BCUT2D eigenvalue weighted by molar-refractivity contribution is 9.50. The topological polar surface area (TPSA) is 3.24 Å². The Morgan fingerprint density at radius 2 is 1.13 bits per heavy atom. The van der Waals surface area contributed by atoms with Gasteiger partial charge in [0, 0.05) is 25.2 Å². The first-order chi connectivity index (χ1) is 7.42. The summed E-state index contributed by atoms with van der Waals surface area (Å²) in [7, 11) is 1.52. The van der Waals surface area contributed by atoms with Crippen LogP contribution in [-0.4, -0.2) is 0 Å². The predicted octanol–water partition coefficient (Wildman–Crippen LogP) is 4.78. The van der Waals surface area contributed by atoms with E-state index < -0.39 is 0 Å². The zero-order chi connectivity index (χ0) is 10.5. The van der Waals surface area contributed by atoms with Crippen LogP contribution >= 0.6 is 25.2 Å². The van der Waals surface area contributed by atoms with Crippen molar-refractivity contribution in [2.24, 2.45) is 0 Å². The van der Waals surface area contributed by atoms with Crippen LogP contribution in [0.1, 0.15) is 0 Å². The summed E-state index contributed by atoms with van der Waals surface area (Å²) in [5.74, 6) is 0. The highest BCUT2D eigenvalue weighted by Gasteiger charge is 2.06. The van der Waals surface area contributed by atoms with Crippen molar-refractivity contribution in [1.29, 1.82) is 0 Å². The van der Waals surface area contributed by atoms with Gasteiger partial charge in [-0.05, 0) is 24.3 Å². The minimum absolute atomic E-state index is 1.16. The van der Waals surface area contributed by atoms with Crippen molar-refractivity contribution in [1.82, 2.24) is 0 Å². The van der Waals surface area contributed by atoms with Gasteiger partial charge in [-0.3, -0.25) is 4.31 Å². The quantitative estimate of drug-likeness (QED) is 0.744. The molecule has 0 saturated heterocycles. The number of nitrogens with zero attached hydrogens (tertiary/aromatic N) is 1. The largest absolute Gasteiger partial charge is 0.275 e. The molecule has 0 unspecified atom stereocenters. The second-order valence-corrected chi connectivity index (χ2v) is 4.41. The number of halogens is 1. The number of hydrogen-bond donors (Lipinski definition) is 0. The lowest BCUT2D eigenvalue weighted by Crippen LogP contribution is -2.03. The number of rotatable bonds is 3. The van der Waals surface area contributed by atoms with E-state index in [1.807, 2.05) is 36.4 Å². The summed E-state index contributed by atoms with van der Waals surface area (Å²) in [6, 6.07) is 20.5. The number of anilines is 2. The van der Waals surface area contributed by atoms with Gasteiger partial charge in [-0.2, -0.15) is 0 Å². The molecule has 0 atom stereocenters. The summed E-state index contributed by atoms with van der Waals surface area (Å²) in [5, 5.41) is 0. The maximum absolute atomic E-state index is 3.43. The third kappa shape index (κ3) is 2.55. The van der Waals surface area contributed by atoms with Crippen molar-refractivity contribution in [3.05, 3.63) is 60.7 Å². The first-order valence-electron chi connectivity index (χ1n) is 4.61. The fourth-order valence-electron chi connectivity index (χ4n) is 1.36. The molecule has 2 aromatic carbocycles. The summed E-state index contributed by atoms with van der Waals surface area (Å²) in [4.78, 5) is 0. The highest BCUT2D eigenvalue weighted by atomic mass is 79.9. The van der Waals surface area contributed by atoms with Gasteiger partial charge in [0.05, 0.1) is 11.4 Å². The monoisotopic (exact) mass is 279 g/mol. The molecule has 2 rings (SSSR count). The molecule has 0 aliphatic rings. The van der Waals surface area contributed by atoms with Crippen LogP contribution < -0.4 is 4.31 Å². The number of benzene rings is 2. The van der Waals surface area contributed by atoms with Gasteiger partial charge in [0.25, 0.3) is 0 Å². The normalized spacial score (nSPS) is 9.93. The third-order valence-electron chi connectivity index (χ3n) is 2.05. The molecule has 0 fully saturated rings. The Labute approximate surface area is 101 Å². The standard InChI is InChI=1S/C12H10BrNS/c13-15-14(11-7-3-1-4-8-11)12-9-5-2-6-10-12/h1-10H. The van der Waals surface area contributed by atoms with Gasteiger partial charge in [-0.25, -0.2) is 0 Å². The van der Waals surface area contributed by atoms with Crippen LogP contribution in [0.25, 0.3) is 0 Å². The van der Waals surface area contributed by atoms with Crippen LogP contribution in [0.5, 0.6) is 0 Å². The molecular weight excluding hydrogens is 270 g/mol. The summed E-state index contributed by atoms with van der Waals surface area (Å²) in [6.07, 6.45) is 0. The lowest BCUT2D eigenvalue weighted by atomic mass is 10.3. The Bertz CT molecular complexity index is 365. The van der Waals surface area contributed by atoms with Crippen LogP contribution in [-0.2, 0) is 0 Å². The SMILES string of the molecule is BrSN(c1ccccc1)c1ccccc1. The molecule has 0 N–H and O–H groups in total. The molecule has 3 heteroatoms. The van der Waals surface area contributed by atoms with Gasteiger partial charge < -0.3 is 0 Å². The van der Waals surface area contributed by atoms with E-state index >= 15 is 0 Å². The molecule has 0 amide bonds. The van der Waals surface area contributed by atoms with Crippen LogP contribution in [0.3, 0.4) is 0 Å². The minimum atomic E-state index is 1.16. The van der Waals surface area contributed by atoms with E-state index in [0.717, 1.165) is 11.4 Å². The summed E-state index contributed by atoms with van der Waals surface area (Å²) in [5.41, 5.74) is 2.32. The summed E-state index contributed by atoms with van der Waals surface area (Å²) in [6.45, 7) is 0. The van der Waals surface area contributed by atoms with Crippen LogP contribution in [0, 0.1) is 0 Å². The Kier molecular flexibility index (Phi) is 3.69.